The first-order chi connectivity index (χ1) is 11.0. The highest BCUT2D eigenvalue weighted by Gasteiger charge is 2.36. The zero-order valence-corrected chi connectivity index (χ0v) is 15.1. The van der Waals surface area contributed by atoms with Gasteiger partial charge in [-0.15, -0.1) is 0 Å². The van der Waals surface area contributed by atoms with Gasteiger partial charge in [-0.1, -0.05) is 35.0 Å². The number of benzene rings is 1. The summed E-state index contributed by atoms with van der Waals surface area (Å²) in [6.07, 6.45) is 2.32. The molecule has 23 heavy (non-hydrogen) atoms. The van der Waals surface area contributed by atoms with Crippen molar-refractivity contribution in [3.63, 3.8) is 0 Å². The second kappa shape index (κ2) is 6.91. The molecule has 1 saturated carbocycles. The van der Waals surface area contributed by atoms with Crippen molar-refractivity contribution in [3.05, 3.63) is 58.0 Å². The van der Waals surface area contributed by atoms with Crippen LogP contribution in [0.15, 0.2) is 45.3 Å². The van der Waals surface area contributed by atoms with Crippen LogP contribution in [0.1, 0.15) is 55.7 Å². The standard InChI is InChI=1S/C19H22BrNO2/c1-12-10-17(12)18-8-6-16(23-18)7-9-19(22)21-13(2)14-4-3-5-15(20)11-14/h3-6,8,11-13,17H,7,9-10H2,1-2H3,(H,21,22). The minimum atomic E-state index is -0.000486. The van der Waals surface area contributed by atoms with Crippen LogP contribution in [0.2, 0.25) is 0 Å². The molecular formula is C19H22BrNO2. The van der Waals surface area contributed by atoms with Crippen LogP contribution in [0.5, 0.6) is 0 Å². The summed E-state index contributed by atoms with van der Waals surface area (Å²) in [4.78, 5) is 12.1. The molecule has 0 spiro atoms. The Hall–Kier alpha value is -1.55. The number of rotatable bonds is 6. The van der Waals surface area contributed by atoms with Gasteiger partial charge in [0.15, 0.2) is 0 Å². The maximum atomic E-state index is 12.1. The van der Waals surface area contributed by atoms with E-state index in [1.807, 2.05) is 37.3 Å². The smallest absolute Gasteiger partial charge is 0.220 e. The van der Waals surface area contributed by atoms with Crippen molar-refractivity contribution in [2.45, 2.75) is 45.1 Å². The van der Waals surface area contributed by atoms with Gasteiger partial charge in [-0.2, -0.15) is 0 Å². The molecule has 2 aromatic rings. The lowest BCUT2D eigenvalue weighted by Crippen LogP contribution is -2.26. The molecule has 3 unspecified atom stereocenters. The third-order valence-electron chi connectivity index (χ3n) is 4.48. The molecule has 1 aliphatic carbocycles. The number of amides is 1. The number of aryl methyl sites for hydroxylation is 1. The van der Waals surface area contributed by atoms with E-state index in [0.29, 0.717) is 18.8 Å². The summed E-state index contributed by atoms with van der Waals surface area (Å²) in [5.41, 5.74) is 1.09. The molecule has 0 bridgehead atoms. The van der Waals surface area contributed by atoms with Gasteiger partial charge in [0.2, 0.25) is 5.91 Å². The van der Waals surface area contributed by atoms with Crippen LogP contribution < -0.4 is 5.32 Å². The van der Waals surface area contributed by atoms with Crippen molar-refractivity contribution in [2.24, 2.45) is 5.92 Å². The lowest BCUT2D eigenvalue weighted by Gasteiger charge is -2.14. The molecule has 3 rings (SSSR count). The largest absolute Gasteiger partial charge is 0.466 e. The Kier molecular flexibility index (Phi) is 4.90. The van der Waals surface area contributed by atoms with Crippen LogP contribution in [0.3, 0.4) is 0 Å². The van der Waals surface area contributed by atoms with Crippen molar-refractivity contribution in [1.82, 2.24) is 5.32 Å². The highest BCUT2D eigenvalue weighted by atomic mass is 79.9. The van der Waals surface area contributed by atoms with Crippen LogP contribution in [-0.2, 0) is 11.2 Å². The van der Waals surface area contributed by atoms with Gasteiger partial charge in [0.25, 0.3) is 0 Å². The van der Waals surface area contributed by atoms with Crippen molar-refractivity contribution < 1.29 is 9.21 Å². The summed E-state index contributed by atoms with van der Waals surface area (Å²) in [6, 6.07) is 12.1. The van der Waals surface area contributed by atoms with Crippen LogP contribution in [0, 0.1) is 5.92 Å². The van der Waals surface area contributed by atoms with Crippen molar-refractivity contribution in [1.29, 1.82) is 0 Å². The van der Waals surface area contributed by atoms with Crippen molar-refractivity contribution in [2.75, 3.05) is 0 Å². The van der Waals surface area contributed by atoms with E-state index in [2.05, 4.69) is 34.2 Å². The molecule has 1 N–H and O–H groups in total. The number of carbonyl (C=O) groups excluding carboxylic acids is 1. The third-order valence-corrected chi connectivity index (χ3v) is 4.98. The highest BCUT2D eigenvalue weighted by molar-refractivity contribution is 9.10. The number of nitrogens with one attached hydrogen (secondary N) is 1. The molecule has 3 atom stereocenters. The molecule has 4 heteroatoms. The number of furan rings is 1. The SMILES string of the molecule is CC(NC(=O)CCc1ccc(C2CC2C)o1)c1cccc(Br)c1. The van der Waals surface area contributed by atoms with E-state index in [-0.39, 0.29) is 11.9 Å². The second-order valence-electron chi connectivity index (χ2n) is 6.47. The maximum Gasteiger partial charge on any atom is 0.220 e. The lowest BCUT2D eigenvalue weighted by molar-refractivity contribution is -0.121. The Morgan fingerprint density at radius 2 is 2.17 bits per heavy atom. The first kappa shape index (κ1) is 16.3. The zero-order chi connectivity index (χ0) is 16.4. The Bertz CT molecular complexity index is 694. The highest BCUT2D eigenvalue weighted by Crippen LogP contribution is 2.47. The zero-order valence-electron chi connectivity index (χ0n) is 13.5. The van der Waals surface area contributed by atoms with E-state index >= 15 is 0 Å². The van der Waals surface area contributed by atoms with Gasteiger partial charge in [0.05, 0.1) is 6.04 Å². The fraction of sp³-hybridized carbons (Fsp3) is 0.421. The predicted octanol–water partition coefficient (Wildman–Crippen LogP) is 4.98. The second-order valence-corrected chi connectivity index (χ2v) is 7.38. The summed E-state index contributed by atoms with van der Waals surface area (Å²) in [7, 11) is 0. The normalized spacial score (nSPS) is 21.0. The molecule has 0 aliphatic heterocycles. The van der Waals surface area contributed by atoms with Crippen LogP contribution in [0.4, 0.5) is 0 Å². The van der Waals surface area contributed by atoms with Crippen LogP contribution in [-0.4, -0.2) is 5.91 Å². The van der Waals surface area contributed by atoms with E-state index in [1.54, 1.807) is 0 Å². The lowest BCUT2D eigenvalue weighted by atomic mass is 10.1. The molecule has 1 aromatic heterocycles. The van der Waals surface area contributed by atoms with Gasteiger partial charge in [0, 0.05) is 23.2 Å². The van der Waals surface area contributed by atoms with E-state index in [1.165, 1.54) is 6.42 Å². The number of hydrogen-bond acceptors (Lipinski definition) is 2. The quantitative estimate of drug-likeness (QED) is 0.773. The fourth-order valence-corrected chi connectivity index (χ4v) is 3.27. The summed E-state index contributed by atoms with van der Waals surface area (Å²) >= 11 is 3.46. The summed E-state index contributed by atoms with van der Waals surface area (Å²) in [5.74, 6) is 3.37. The van der Waals surface area contributed by atoms with Gasteiger partial charge in [-0.3, -0.25) is 4.79 Å². The summed E-state index contributed by atoms with van der Waals surface area (Å²) in [5, 5.41) is 3.04. The van der Waals surface area contributed by atoms with Gasteiger partial charge < -0.3 is 9.73 Å². The Balaban J connectivity index is 1.48. The Morgan fingerprint density at radius 3 is 2.87 bits per heavy atom. The third kappa shape index (κ3) is 4.25. The van der Waals surface area contributed by atoms with Crippen molar-refractivity contribution in [3.8, 4) is 0 Å². The minimum absolute atomic E-state index is 0.000486. The number of halogens is 1. The molecule has 1 aromatic carbocycles. The first-order valence-corrected chi connectivity index (χ1v) is 8.95. The topological polar surface area (TPSA) is 42.2 Å². The minimum Gasteiger partial charge on any atom is -0.466 e. The van der Waals surface area contributed by atoms with Gasteiger partial charge >= 0.3 is 0 Å². The van der Waals surface area contributed by atoms with Crippen LogP contribution >= 0.6 is 15.9 Å². The molecule has 0 radical (unpaired) electrons. The molecule has 1 aliphatic rings. The first-order valence-electron chi connectivity index (χ1n) is 8.16. The van der Waals surface area contributed by atoms with Crippen molar-refractivity contribution >= 4 is 21.8 Å². The molecule has 1 heterocycles. The van der Waals surface area contributed by atoms with E-state index in [9.17, 15) is 4.79 Å². The molecule has 3 nitrogen and oxygen atoms in total. The Labute approximate surface area is 145 Å². The number of hydrogen-bond donors (Lipinski definition) is 1. The van der Waals surface area contributed by atoms with E-state index < -0.39 is 0 Å². The molecule has 1 fully saturated rings. The summed E-state index contributed by atoms with van der Waals surface area (Å²) in [6.45, 7) is 4.24. The maximum absolute atomic E-state index is 12.1. The average Bonchev–Trinajstić information content (AvgIpc) is 3.07. The molecule has 0 saturated heterocycles. The van der Waals surface area contributed by atoms with E-state index in [0.717, 1.165) is 27.5 Å². The predicted molar refractivity (Wildman–Crippen MR) is 94.3 cm³/mol. The molecule has 1 amide bonds. The van der Waals surface area contributed by atoms with Crippen LogP contribution in [0.25, 0.3) is 0 Å². The van der Waals surface area contributed by atoms with E-state index in [4.69, 9.17) is 4.42 Å². The van der Waals surface area contributed by atoms with Gasteiger partial charge in [0.1, 0.15) is 11.5 Å². The summed E-state index contributed by atoms with van der Waals surface area (Å²) < 4.78 is 6.87. The fourth-order valence-electron chi connectivity index (χ4n) is 2.86. The number of carbonyl (C=O) groups is 1. The molecule has 122 valence electrons. The van der Waals surface area contributed by atoms with Gasteiger partial charge in [-0.25, -0.2) is 0 Å². The molecular weight excluding hydrogens is 354 g/mol. The monoisotopic (exact) mass is 375 g/mol. The Morgan fingerprint density at radius 1 is 1.39 bits per heavy atom. The van der Waals surface area contributed by atoms with Gasteiger partial charge in [-0.05, 0) is 49.1 Å². The average molecular weight is 376 g/mol.